The highest BCUT2D eigenvalue weighted by molar-refractivity contribution is 5.66. The maximum absolute atomic E-state index is 10.5. The van der Waals surface area contributed by atoms with Crippen molar-refractivity contribution in [2.24, 2.45) is 5.92 Å². The van der Waals surface area contributed by atoms with E-state index in [1.165, 1.54) is 87.1 Å². The highest BCUT2D eigenvalue weighted by atomic mass is 16.5. The van der Waals surface area contributed by atoms with E-state index < -0.39 is 0 Å². The van der Waals surface area contributed by atoms with Gasteiger partial charge < -0.3 is 78.7 Å². The van der Waals surface area contributed by atoms with Gasteiger partial charge in [0.25, 0.3) is 0 Å². The molecule has 0 saturated heterocycles. The van der Waals surface area contributed by atoms with E-state index in [0.717, 1.165) is 120 Å². The van der Waals surface area contributed by atoms with Gasteiger partial charge in [-0.25, -0.2) is 0 Å². The van der Waals surface area contributed by atoms with Crippen molar-refractivity contribution in [3.63, 3.8) is 0 Å². The Morgan fingerprint density at radius 3 is 1.03 bits per heavy atom. The predicted octanol–water partition coefficient (Wildman–Crippen LogP) is 11.0. The van der Waals surface area contributed by atoms with Crippen LogP contribution in [0.2, 0.25) is 0 Å². The Hall–Kier alpha value is -4.34. The number of nitrogens with zero attached hydrogens (tertiary/aromatic N) is 12. The van der Waals surface area contributed by atoms with Crippen LogP contribution in [-0.2, 0) is 39.8 Å². The smallest absolute Gasteiger partial charge is 0.303 e. The first-order valence-electron chi connectivity index (χ1n) is 40.2. The van der Waals surface area contributed by atoms with E-state index in [-0.39, 0.29) is 30.8 Å². The number of hydrogen-bond acceptors (Lipinski definition) is 9. The van der Waals surface area contributed by atoms with Crippen LogP contribution in [0.1, 0.15) is 79.7 Å². The van der Waals surface area contributed by atoms with Crippen LogP contribution in [0.4, 0.5) is 11.4 Å². The Morgan fingerprint density at radius 1 is 0.455 bits per heavy atom. The number of hydrogen-bond donors (Lipinski definition) is 2. The number of methoxy groups -OCH3 is 2. The van der Waals surface area contributed by atoms with Crippen LogP contribution < -0.4 is 8.97 Å². The van der Waals surface area contributed by atoms with Gasteiger partial charge in [0.2, 0.25) is 0 Å². The SMILES string of the molecule is C=C[N+](C)(C)C.CC(=O)OC(C)C[N+](C)(C)C.CC(=O)OCC[N+](C)(C)C.CC(O)C[N+](C)(C)C.CC[N+](CC)(CC)c1ccccc1.COCCOCC[N+](C)(C)C.COCC[N+](C)(C)C.C[N+](C)(C)C1CC1.C[N+](C)(C)CC1CC1.C[N+](C)(C)CCO.C[N+](C)(C)Cc1ccccc1.C[N+](C)(C)c1ccccc1. The summed E-state index contributed by atoms with van der Waals surface area (Å²) >= 11 is 0. The molecule has 0 radical (unpaired) electrons. The first-order chi connectivity index (χ1) is 49.5. The highest BCUT2D eigenvalue weighted by Gasteiger charge is 2.34. The summed E-state index contributed by atoms with van der Waals surface area (Å²) in [6.07, 6.45) is 7.56. The van der Waals surface area contributed by atoms with Crippen LogP contribution in [0.3, 0.4) is 0 Å². The monoisotopic (exact) mass is 1570 g/mol. The van der Waals surface area contributed by atoms with Crippen LogP contribution in [0.25, 0.3) is 0 Å². The lowest BCUT2D eigenvalue weighted by Crippen LogP contribution is -2.48. The third-order valence-corrected chi connectivity index (χ3v) is 16.0. The number of benzene rings is 3. The van der Waals surface area contributed by atoms with Crippen molar-refractivity contribution in [1.82, 2.24) is 8.97 Å². The second-order valence-electron chi connectivity index (χ2n) is 40.2. The summed E-state index contributed by atoms with van der Waals surface area (Å²) in [7, 11) is 73.9. The maximum atomic E-state index is 10.5. The van der Waals surface area contributed by atoms with Gasteiger partial charge in [-0.15, -0.1) is 0 Å². The second kappa shape index (κ2) is 60.2. The molecule has 2 saturated carbocycles. The van der Waals surface area contributed by atoms with Gasteiger partial charge in [0, 0.05) is 52.4 Å². The Labute approximate surface area is 683 Å². The van der Waals surface area contributed by atoms with Crippen LogP contribution in [0.5, 0.6) is 0 Å². The number of rotatable bonds is 30. The van der Waals surface area contributed by atoms with Crippen LogP contribution in [0.15, 0.2) is 104 Å². The molecule has 3 aromatic rings. The average molecular weight is 1570 g/mol. The second-order valence-corrected chi connectivity index (χ2v) is 40.2. The van der Waals surface area contributed by atoms with Crippen molar-refractivity contribution in [3.8, 4) is 0 Å². The van der Waals surface area contributed by atoms with Crippen molar-refractivity contribution in [1.29, 1.82) is 0 Å². The van der Waals surface area contributed by atoms with E-state index in [1.54, 1.807) is 14.2 Å². The fraction of sp³-hybridized carbons (Fsp3) is 0.753. The highest BCUT2D eigenvalue weighted by Crippen LogP contribution is 2.30. The van der Waals surface area contributed by atoms with E-state index in [4.69, 9.17) is 33.9 Å². The standard InChI is InChI=1S/C12H20N.C10H16N.C9H14N.C8H18NO2.C8H20NO2.C7H16NO2.C7H16N.2C6H16NO.C6H14N.C5H14NO.C5H12N/c1-4-13(5-2,6-3)12-10-8-7-9-11-12;1-11(2,3)9-10-7-5-4-6-8-10;1-10(2,3)9-7-5-4-6-8-9;1-7(11-8(2)10)6-9(3,4)5;1-9(2,3)5-6-11-8-7-10-4;1-7(9)10-6-5-8(2,3)4;1-8(2,3)6-7-4-5-7;1-7(2,3)5-6-8-4;1-6(8)5-7(2,3)4;1-7(2,3)6-4-5-6;1-6(2,3)4-5-7;1-5-6(2,3)4/h7-11H,4-6H2,1-3H3;4-8H,9H2,1-3H3;4-8H,1-3H3;7H,6H2,1-5H3;5-8H2,1-4H3;5-6H2,1-4H3;7H,4-6H2,1-3H3;5-6H2,1-4H3;6,8H,5H2,1-4H3;6H,4-5H2,1-3H3;7H,4-5H2,1-3H3;5H,1H2,2-4H3/q12*+1. The van der Waals surface area contributed by atoms with Crippen molar-refractivity contribution < 1.29 is 88.3 Å². The van der Waals surface area contributed by atoms with E-state index in [9.17, 15) is 9.59 Å². The molecule has 0 amide bonds. The molecule has 2 N–H and O–H groups in total. The number of aliphatic hydroxyl groups is 2. The average Bonchev–Trinajstić information content (AvgIpc) is 1.30. The Kier molecular flexibility index (Phi) is 65.1. The number of carbonyl (C=O) groups is 2. The van der Waals surface area contributed by atoms with Crippen molar-refractivity contribution in [3.05, 3.63) is 109 Å². The molecule has 650 valence electrons. The zero-order valence-corrected chi connectivity index (χ0v) is 80.7. The molecule has 0 aromatic heterocycles. The number of likely N-dealkylation sites (N-methyl/N-ethyl adjacent to an activating group) is 6. The summed E-state index contributed by atoms with van der Waals surface area (Å²) in [5, 5.41) is 17.3. The summed E-state index contributed by atoms with van der Waals surface area (Å²) in [5.74, 6) is 0.661. The molecule has 110 heavy (non-hydrogen) atoms. The maximum Gasteiger partial charge on any atom is 0.303 e. The lowest BCUT2D eigenvalue weighted by molar-refractivity contribution is -0.884. The minimum atomic E-state index is -0.203. The summed E-state index contributed by atoms with van der Waals surface area (Å²) in [6, 6.07) is 32.8. The normalized spacial score (nSPS) is 13.6. The predicted molar refractivity (Wildman–Crippen MR) is 478 cm³/mol. The molecule has 2 aliphatic rings. The molecule has 5 rings (SSSR count). The van der Waals surface area contributed by atoms with Crippen molar-refractivity contribution in [2.45, 2.75) is 98.9 Å². The summed E-state index contributed by atoms with van der Waals surface area (Å²) in [5.41, 5.74) is 4.18. The van der Waals surface area contributed by atoms with E-state index in [2.05, 4.69) is 345 Å². The molecular weight excluding hydrogens is 1380 g/mol. The van der Waals surface area contributed by atoms with Gasteiger partial charge in [0.15, 0.2) is 0 Å². The largest absolute Gasteiger partial charge is 0.460 e. The molecule has 2 atom stereocenters. The van der Waals surface area contributed by atoms with E-state index >= 15 is 0 Å². The Balaban J connectivity index is -0.000000212. The van der Waals surface area contributed by atoms with Crippen molar-refractivity contribution >= 4 is 23.3 Å². The fourth-order valence-electron chi connectivity index (χ4n) is 9.49. The third-order valence-electron chi connectivity index (χ3n) is 16.0. The quantitative estimate of drug-likeness (QED) is 0.0382. The first kappa shape index (κ1) is 119. The van der Waals surface area contributed by atoms with E-state index in [0.29, 0.717) is 19.8 Å². The van der Waals surface area contributed by atoms with Gasteiger partial charge in [-0.3, -0.25) is 18.6 Å². The summed E-state index contributed by atoms with van der Waals surface area (Å²) < 4.78 is 36.2. The number of ether oxygens (including phenoxy) is 5. The summed E-state index contributed by atoms with van der Waals surface area (Å²) in [6.45, 7) is 32.3. The molecule has 0 heterocycles. The molecule has 0 spiro atoms. The number of para-hydroxylation sites is 2. The fourth-order valence-corrected chi connectivity index (χ4v) is 9.49. The molecular formula is C89H192N12O9+12. The minimum Gasteiger partial charge on any atom is -0.460 e. The molecule has 2 aliphatic carbocycles. The number of quaternary nitrogens is 12. The van der Waals surface area contributed by atoms with Crippen molar-refractivity contribution in [2.75, 3.05) is 352 Å². The lowest BCUT2D eigenvalue weighted by atomic mass is 10.2. The third kappa shape index (κ3) is 102. The minimum absolute atomic E-state index is 0.00694. The molecule has 21 nitrogen and oxygen atoms in total. The Morgan fingerprint density at radius 2 is 0.818 bits per heavy atom. The van der Waals surface area contributed by atoms with Crippen LogP contribution in [-0.4, -0.2) is 437 Å². The number of carbonyl (C=O) groups excluding carboxylic acids is 2. The lowest BCUT2D eigenvalue weighted by Gasteiger charge is -2.35. The molecule has 2 fully saturated rings. The first-order valence-corrected chi connectivity index (χ1v) is 40.2. The van der Waals surface area contributed by atoms with Crippen LogP contribution in [0, 0.1) is 5.92 Å². The topological polar surface area (TPSA) is 121 Å². The molecule has 21 heteroatoms. The zero-order chi connectivity index (χ0) is 87.9. The van der Waals surface area contributed by atoms with Crippen LogP contribution >= 0.6 is 0 Å². The molecule has 0 aliphatic heterocycles. The zero-order valence-electron chi connectivity index (χ0n) is 80.7. The Bertz CT molecular complexity index is 2580. The molecule has 3 aromatic carbocycles. The van der Waals surface area contributed by atoms with Gasteiger partial charge in [0.05, 0.1) is 304 Å². The summed E-state index contributed by atoms with van der Waals surface area (Å²) in [4.78, 5) is 20.8. The number of esters is 2. The number of aliphatic hydroxyl groups excluding tert-OH is 2. The molecule has 0 bridgehead atoms. The van der Waals surface area contributed by atoms with Gasteiger partial charge in [-0.05, 0) is 78.3 Å². The van der Waals surface area contributed by atoms with Gasteiger partial charge in [0.1, 0.15) is 76.0 Å². The van der Waals surface area contributed by atoms with Gasteiger partial charge in [-0.1, -0.05) is 66.7 Å². The van der Waals surface area contributed by atoms with Gasteiger partial charge >= 0.3 is 11.9 Å². The van der Waals surface area contributed by atoms with E-state index in [1.807, 2.05) is 26.1 Å². The molecule has 2 unspecified atom stereocenters. The van der Waals surface area contributed by atoms with Gasteiger partial charge in [-0.2, -0.15) is 0 Å².